The summed E-state index contributed by atoms with van der Waals surface area (Å²) in [5, 5.41) is 0. The van der Waals surface area contributed by atoms with Gasteiger partial charge in [0.05, 0.1) is 0 Å². The lowest BCUT2D eigenvalue weighted by Crippen LogP contribution is -1.87. The summed E-state index contributed by atoms with van der Waals surface area (Å²) >= 11 is 0. The van der Waals surface area contributed by atoms with Crippen LogP contribution >= 0.6 is 0 Å². The van der Waals surface area contributed by atoms with Crippen LogP contribution in [0, 0.1) is 20.8 Å². The van der Waals surface area contributed by atoms with Gasteiger partial charge in [-0.05, 0) is 43.0 Å². The second-order valence-electron chi connectivity index (χ2n) is 5.78. The van der Waals surface area contributed by atoms with Gasteiger partial charge in [-0.15, -0.1) is 0 Å². The van der Waals surface area contributed by atoms with Gasteiger partial charge in [0, 0.05) is 0 Å². The molecule has 0 saturated carbocycles. The summed E-state index contributed by atoms with van der Waals surface area (Å²) in [6.45, 7) is 6.40. The molecule has 0 aromatic heterocycles. The lowest BCUT2D eigenvalue weighted by atomic mass is 9.92. The molecule has 0 saturated heterocycles. The third-order valence-electron chi connectivity index (χ3n) is 3.90. The Bertz CT molecular complexity index is 747. The highest BCUT2D eigenvalue weighted by atomic mass is 14.1. The minimum Gasteiger partial charge on any atom is -0.0587 e. The Morgan fingerprint density at radius 2 is 0.857 bits per heavy atom. The lowest BCUT2D eigenvalue weighted by Gasteiger charge is -2.12. The van der Waals surface area contributed by atoms with Crippen molar-refractivity contribution in [2.24, 2.45) is 0 Å². The van der Waals surface area contributed by atoms with Gasteiger partial charge in [0.1, 0.15) is 0 Å². The van der Waals surface area contributed by atoms with E-state index >= 15 is 0 Å². The zero-order chi connectivity index (χ0) is 14.8. The predicted molar refractivity (Wildman–Crippen MR) is 91.5 cm³/mol. The average Bonchev–Trinajstić information content (AvgIpc) is 2.49. The normalized spacial score (nSPS) is 10.6. The predicted octanol–water partition coefficient (Wildman–Crippen LogP) is 5.95. The van der Waals surface area contributed by atoms with Crippen LogP contribution in [0.5, 0.6) is 0 Å². The zero-order valence-corrected chi connectivity index (χ0v) is 12.9. The van der Waals surface area contributed by atoms with Crippen LogP contribution in [-0.4, -0.2) is 0 Å². The number of benzene rings is 3. The number of aryl methyl sites for hydroxylation is 3. The Hall–Kier alpha value is -2.34. The molecule has 104 valence electrons. The van der Waals surface area contributed by atoms with E-state index in [4.69, 9.17) is 0 Å². The maximum atomic E-state index is 2.28. The van der Waals surface area contributed by atoms with Crippen LogP contribution in [0.4, 0.5) is 0 Å². The van der Waals surface area contributed by atoms with Gasteiger partial charge in [0.25, 0.3) is 0 Å². The minimum absolute atomic E-state index is 1.27. The fourth-order valence-corrected chi connectivity index (χ4v) is 2.61. The van der Waals surface area contributed by atoms with Crippen molar-refractivity contribution in [1.29, 1.82) is 0 Å². The van der Waals surface area contributed by atoms with Gasteiger partial charge in [-0.2, -0.15) is 0 Å². The quantitative estimate of drug-likeness (QED) is 0.541. The second kappa shape index (κ2) is 5.57. The molecule has 21 heavy (non-hydrogen) atoms. The molecule has 3 rings (SSSR count). The molecule has 3 aromatic rings. The van der Waals surface area contributed by atoms with Crippen molar-refractivity contribution in [2.75, 3.05) is 0 Å². The van der Waals surface area contributed by atoms with E-state index < -0.39 is 0 Å². The smallest absolute Gasteiger partial charge is 0.0103 e. The Morgan fingerprint density at radius 3 is 1.38 bits per heavy atom. The van der Waals surface area contributed by atoms with Gasteiger partial charge in [-0.25, -0.2) is 0 Å². The van der Waals surface area contributed by atoms with E-state index in [1.54, 1.807) is 0 Å². The van der Waals surface area contributed by atoms with Crippen LogP contribution in [0.3, 0.4) is 0 Å². The van der Waals surface area contributed by atoms with Gasteiger partial charge in [0.2, 0.25) is 0 Å². The molecule has 0 N–H and O–H groups in total. The van der Waals surface area contributed by atoms with Crippen molar-refractivity contribution in [2.45, 2.75) is 20.8 Å². The van der Waals surface area contributed by atoms with Crippen LogP contribution in [0.2, 0.25) is 0 Å². The van der Waals surface area contributed by atoms with Gasteiger partial charge in [-0.1, -0.05) is 83.4 Å². The fraction of sp³-hybridized carbons (Fsp3) is 0.143. The number of rotatable bonds is 2. The van der Waals surface area contributed by atoms with E-state index in [0.29, 0.717) is 0 Å². The molecule has 0 radical (unpaired) electrons. The van der Waals surface area contributed by atoms with E-state index in [9.17, 15) is 0 Å². The van der Waals surface area contributed by atoms with Gasteiger partial charge in [0.15, 0.2) is 0 Å². The summed E-state index contributed by atoms with van der Waals surface area (Å²) in [4.78, 5) is 0. The first-order valence-corrected chi connectivity index (χ1v) is 7.38. The maximum absolute atomic E-state index is 2.28. The van der Waals surface area contributed by atoms with Gasteiger partial charge in [-0.3, -0.25) is 0 Å². The first-order valence-electron chi connectivity index (χ1n) is 7.38. The van der Waals surface area contributed by atoms with Crippen molar-refractivity contribution >= 4 is 0 Å². The topological polar surface area (TPSA) is 0 Å². The SMILES string of the molecule is Cc1ccc(-c2ccc(C)cc2-c2ccc(C)cc2)cc1. The molecule has 0 spiro atoms. The molecule has 0 heteroatoms. The van der Waals surface area contributed by atoms with Crippen LogP contribution in [0.15, 0.2) is 66.7 Å². The minimum atomic E-state index is 1.27. The van der Waals surface area contributed by atoms with Gasteiger partial charge < -0.3 is 0 Å². The van der Waals surface area contributed by atoms with Crippen LogP contribution in [0.1, 0.15) is 16.7 Å². The fourth-order valence-electron chi connectivity index (χ4n) is 2.61. The van der Waals surface area contributed by atoms with Crippen molar-refractivity contribution in [3.63, 3.8) is 0 Å². The molecule has 0 aliphatic rings. The summed E-state index contributed by atoms with van der Waals surface area (Å²) in [5.74, 6) is 0. The van der Waals surface area contributed by atoms with Crippen LogP contribution < -0.4 is 0 Å². The average molecular weight is 272 g/mol. The molecule has 0 aliphatic carbocycles. The molecule has 0 unspecified atom stereocenters. The molecular formula is C21H20. The van der Waals surface area contributed by atoms with Crippen molar-refractivity contribution in [3.05, 3.63) is 83.4 Å². The van der Waals surface area contributed by atoms with E-state index in [1.165, 1.54) is 38.9 Å². The summed E-state index contributed by atoms with van der Waals surface area (Å²) in [6, 6.07) is 24.2. The molecule has 0 nitrogen and oxygen atoms in total. The molecule has 0 fully saturated rings. The molecule has 3 aromatic carbocycles. The third kappa shape index (κ3) is 2.90. The van der Waals surface area contributed by atoms with Gasteiger partial charge >= 0.3 is 0 Å². The Kier molecular flexibility index (Phi) is 3.62. The van der Waals surface area contributed by atoms with Crippen molar-refractivity contribution in [1.82, 2.24) is 0 Å². The lowest BCUT2D eigenvalue weighted by molar-refractivity contribution is 1.43. The Labute approximate surface area is 127 Å². The zero-order valence-electron chi connectivity index (χ0n) is 12.9. The summed E-state index contributed by atoms with van der Waals surface area (Å²) in [7, 11) is 0. The van der Waals surface area contributed by atoms with Crippen LogP contribution in [-0.2, 0) is 0 Å². The molecule has 0 atom stereocenters. The number of hydrogen-bond donors (Lipinski definition) is 0. The third-order valence-corrected chi connectivity index (χ3v) is 3.90. The van der Waals surface area contributed by atoms with Crippen molar-refractivity contribution in [3.8, 4) is 22.3 Å². The second-order valence-corrected chi connectivity index (χ2v) is 5.78. The molecule has 0 aliphatic heterocycles. The molecular weight excluding hydrogens is 252 g/mol. The Balaban J connectivity index is 2.17. The van der Waals surface area contributed by atoms with Crippen molar-refractivity contribution < 1.29 is 0 Å². The van der Waals surface area contributed by atoms with E-state index in [0.717, 1.165) is 0 Å². The van der Waals surface area contributed by atoms with E-state index in [1.807, 2.05) is 0 Å². The molecule has 0 heterocycles. The largest absolute Gasteiger partial charge is 0.0587 e. The Morgan fingerprint density at radius 1 is 0.429 bits per heavy atom. The van der Waals surface area contributed by atoms with Crippen LogP contribution in [0.25, 0.3) is 22.3 Å². The highest BCUT2D eigenvalue weighted by Crippen LogP contribution is 2.33. The highest BCUT2D eigenvalue weighted by Gasteiger charge is 2.07. The highest BCUT2D eigenvalue weighted by molar-refractivity contribution is 5.84. The molecule has 0 amide bonds. The molecule has 0 bridgehead atoms. The van der Waals surface area contributed by atoms with E-state index in [2.05, 4.69) is 87.5 Å². The number of hydrogen-bond acceptors (Lipinski definition) is 0. The summed E-state index contributed by atoms with van der Waals surface area (Å²) in [5.41, 5.74) is 9.03. The standard InChI is InChI=1S/C21H20/c1-15-4-9-18(10-5-15)20-13-8-17(3)14-21(20)19-11-6-16(2)7-12-19/h4-14H,1-3H3. The maximum Gasteiger partial charge on any atom is -0.0103 e. The first kappa shape index (κ1) is 13.6. The van der Waals surface area contributed by atoms with E-state index in [-0.39, 0.29) is 0 Å². The summed E-state index contributed by atoms with van der Waals surface area (Å²) < 4.78 is 0. The summed E-state index contributed by atoms with van der Waals surface area (Å²) in [6.07, 6.45) is 0. The monoisotopic (exact) mass is 272 g/mol. The first-order chi connectivity index (χ1) is 10.1.